The molecule has 2 saturated heterocycles. The number of morpholine rings is 1. The minimum atomic E-state index is 0.00529. The Morgan fingerprint density at radius 2 is 1.89 bits per heavy atom. The van der Waals surface area contributed by atoms with Crippen molar-refractivity contribution in [1.82, 2.24) is 9.80 Å². The van der Waals surface area contributed by atoms with Crippen LogP contribution >= 0.6 is 0 Å². The van der Waals surface area contributed by atoms with Gasteiger partial charge in [0.1, 0.15) is 0 Å². The maximum Gasteiger partial charge on any atom is 0.241 e. The molecule has 152 valence electrons. The third-order valence-electron chi connectivity index (χ3n) is 6.33. The van der Waals surface area contributed by atoms with Crippen molar-refractivity contribution in [2.24, 2.45) is 5.92 Å². The molecular weight excluding hydrogens is 354 g/mol. The van der Waals surface area contributed by atoms with Crippen LogP contribution in [0.1, 0.15) is 31.7 Å². The number of ether oxygens (including phenoxy) is 1. The number of aryl methyl sites for hydroxylation is 1. The van der Waals surface area contributed by atoms with E-state index in [1.165, 1.54) is 5.56 Å². The maximum absolute atomic E-state index is 13.2. The number of fused-ring (bicyclic) bond motifs is 1. The first-order valence-electron chi connectivity index (χ1n) is 10.6. The number of rotatable bonds is 3. The largest absolute Gasteiger partial charge is 0.378 e. The van der Waals surface area contributed by atoms with E-state index in [-0.39, 0.29) is 23.8 Å². The molecule has 0 bridgehead atoms. The van der Waals surface area contributed by atoms with Crippen LogP contribution in [0.5, 0.6) is 0 Å². The second-order valence-electron chi connectivity index (χ2n) is 8.29. The molecule has 3 aliphatic rings. The zero-order chi connectivity index (χ0) is 19.5. The van der Waals surface area contributed by atoms with Crippen molar-refractivity contribution in [2.75, 3.05) is 50.8 Å². The Morgan fingerprint density at radius 3 is 2.71 bits per heavy atom. The number of nitrogens with zero attached hydrogens (tertiary/aromatic N) is 3. The van der Waals surface area contributed by atoms with Gasteiger partial charge in [0.2, 0.25) is 11.8 Å². The van der Waals surface area contributed by atoms with Gasteiger partial charge >= 0.3 is 0 Å². The molecule has 2 amide bonds. The highest BCUT2D eigenvalue weighted by molar-refractivity contribution is 5.96. The lowest BCUT2D eigenvalue weighted by Crippen LogP contribution is -2.51. The summed E-state index contributed by atoms with van der Waals surface area (Å²) in [5.41, 5.74) is 2.32. The number of piperidine rings is 1. The van der Waals surface area contributed by atoms with Crippen molar-refractivity contribution in [3.8, 4) is 0 Å². The van der Waals surface area contributed by atoms with Crippen LogP contribution in [0.4, 0.5) is 5.69 Å². The van der Waals surface area contributed by atoms with Crippen LogP contribution in [0.3, 0.4) is 0 Å². The van der Waals surface area contributed by atoms with Crippen LogP contribution in [0.2, 0.25) is 0 Å². The third kappa shape index (κ3) is 4.08. The van der Waals surface area contributed by atoms with Gasteiger partial charge in [-0.2, -0.15) is 0 Å². The van der Waals surface area contributed by atoms with E-state index in [2.05, 4.69) is 24.0 Å². The normalized spacial score (nSPS) is 26.0. The predicted octanol–water partition coefficient (Wildman–Crippen LogP) is 1.93. The van der Waals surface area contributed by atoms with E-state index < -0.39 is 0 Å². The van der Waals surface area contributed by atoms with Crippen molar-refractivity contribution in [1.29, 1.82) is 0 Å². The van der Waals surface area contributed by atoms with Crippen molar-refractivity contribution >= 4 is 17.5 Å². The lowest BCUT2D eigenvalue weighted by Gasteiger charge is -2.39. The van der Waals surface area contributed by atoms with Crippen molar-refractivity contribution in [2.45, 2.75) is 38.6 Å². The molecule has 6 nitrogen and oxygen atoms in total. The van der Waals surface area contributed by atoms with Gasteiger partial charge in [-0.05, 0) is 50.8 Å². The van der Waals surface area contributed by atoms with E-state index in [0.29, 0.717) is 39.4 Å². The Bertz CT molecular complexity index is 717. The van der Waals surface area contributed by atoms with Crippen LogP contribution in [-0.4, -0.2) is 73.6 Å². The molecule has 0 saturated carbocycles. The lowest BCUT2D eigenvalue weighted by atomic mass is 9.95. The molecule has 2 atom stereocenters. The first-order valence-corrected chi connectivity index (χ1v) is 10.6. The average molecular weight is 386 g/mol. The van der Waals surface area contributed by atoms with E-state index in [1.807, 2.05) is 21.9 Å². The standard InChI is InChI=1S/C22H31N3O3/c1-17-8-9-18-5-2-3-7-20(18)25(17)21(26)16-23-10-4-6-19(15-23)22(27)24-11-13-28-14-12-24/h2-3,5,7,17,19H,4,6,8-16H2,1H3. The Balaban J connectivity index is 1.40. The SMILES string of the molecule is CC1CCc2ccccc2N1C(=O)CN1CCCC(C(=O)N2CCOCC2)C1. The highest BCUT2D eigenvalue weighted by Crippen LogP contribution is 2.31. The first kappa shape index (κ1) is 19.4. The molecular formula is C22H31N3O3. The molecule has 3 aliphatic heterocycles. The second kappa shape index (κ2) is 8.62. The number of para-hydroxylation sites is 1. The molecule has 0 aromatic heterocycles. The van der Waals surface area contributed by atoms with Gasteiger partial charge in [-0.25, -0.2) is 0 Å². The predicted molar refractivity (Wildman–Crippen MR) is 108 cm³/mol. The summed E-state index contributed by atoms with van der Waals surface area (Å²) in [6, 6.07) is 8.46. The Kier molecular flexibility index (Phi) is 5.97. The molecule has 2 fully saturated rings. The first-order chi connectivity index (χ1) is 13.6. The van der Waals surface area contributed by atoms with Gasteiger partial charge in [0.25, 0.3) is 0 Å². The fourth-order valence-corrected chi connectivity index (χ4v) is 4.78. The lowest BCUT2D eigenvalue weighted by molar-refractivity contribution is -0.142. The molecule has 0 spiro atoms. The highest BCUT2D eigenvalue weighted by atomic mass is 16.5. The molecule has 3 heterocycles. The maximum atomic E-state index is 13.2. The number of hydrogen-bond acceptors (Lipinski definition) is 4. The van der Waals surface area contributed by atoms with Crippen molar-refractivity contribution < 1.29 is 14.3 Å². The zero-order valence-corrected chi connectivity index (χ0v) is 16.8. The van der Waals surface area contributed by atoms with Gasteiger partial charge in [0, 0.05) is 31.4 Å². The summed E-state index contributed by atoms with van der Waals surface area (Å²) in [6.07, 6.45) is 3.92. The smallest absolute Gasteiger partial charge is 0.241 e. The third-order valence-corrected chi connectivity index (χ3v) is 6.33. The molecule has 0 N–H and O–H groups in total. The Morgan fingerprint density at radius 1 is 1.11 bits per heavy atom. The second-order valence-corrected chi connectivity index (χ2v) is 8.29. The van der Waals surface area contributed by atoms with Crippen LogP contribution in [0.25, 0.3) is 0 Å². The van der Waals surface area contributed by atoms with Crippen LogP contribution in [0.15, 0.2) is 24.3 Å². The number of carbonyl (C=O) groups excluding carboxylic acids is 2. The topological polar surface area (TPSA) is 53.1 Å². The summed E-state index contributed by atoms with van der Waals surface area (Å²) in [5.74, 6) is 0.391. The number of amides is 2. The van der Waals surface area contributed by atoms with Gasteiger partial charge in [0.15, 0.2) is 0 Å². The molecule has 4 rings (SSSR count). The van der Waals surface area contributed by atoms with E-state index in [0.717, 1.165) is 37.9 Å². The number of carbonyl (C=O) groups is 2. The van der Waals surface area contributed by atoms with E-state index >= 15 is 0 Å². The average Bonchev–Trinajstić information content (AvgIpc) is 2.74. The monoisotopic (exact) mass is 385 g/mol. The molecule has 0 radical (unpaired) electrons. The van der Waals surface area contributed by atoms with Gasteiger partial charge < -0.3 is 14.5 Å². The fraction of sp³-hybridized carbons (Fsp3) is 0.636. The van der Waals surface area contributed by atoms with Crippen LogP contribution < -0.4 is 4.90 Å². The van der Waals surface area contributed by atoms with Gasteiger partial charge in [-0.3, -0.25) is 14.5 Å². The quantitative estimate of drug-likeness (QED) is 0.798. The molecule has 0 aliphatic carbocycles. The van der Waals surface area contributed by atoms with E-state index in [1.54, 1.807) is 0 Å². The van der Waals surface area contributed by atoms with Gasteiger partial charge in [0.05, 0.1) is 25.7 Å². The Labute approximate surface area is 167 Å². The summed E-state index contributed by atoms with van der Waals surface area (Å²) >= 11 is 0. The number of likely N-dealkylation sites (tertiary alicyclic amines) is 1. The van der Waals surface area contributed by atoms with Crippen LogP contribution in [-0.2, 0) is 20.7 Å². The summed E-state index contributed by atoms with van der Waals surface area (Å²) in [7, 11) is 0. The zero-order valence-electron chi connectivity index (χ0n) is 16.8. The van der Waals surface area contributed by atoms with Gasteiger partial charge in [-0.1, -0.05) is 18.2 Å². The summed E-state index contributed by atoms with van der Waals surface area (Å²) in [4.78, 5) is 32.1. The van der Waals surface area contributed by atoms with Crippen molar-refractivity contribution in [3.63, 3.8) is 0 Å². The number of benzene rings is 1. The van der Waals surface area contributed by atoms with Crippen molar-refractivity contribution in [3.05, 3.63) is 29.8 Å². The summed E-state index contributed by atoms with van der Waals surface area (Å²) in [6.45, 7) is 6.75. The summed E-state index contributed by atoms with van der Waals surface area (Å²) in [5, 5.41) is 0. The summed E-state index contributed by atoms with van der Waals surface area (Å²) < 4.78 is 5.36. The molecule has 1 aromatic carbocycles. The molecule has 6 heteroatoms. The molecule has 28 heavy (non-hydrogen) atoms. The van der Waals surface area contributed by atoms with E-state index in [9.17, 15) is 9.59 Å². The van der Waals surface area contributed by atoms with E-state index in [4.69, 9.17) is 4.74 Å². The fourth-order valence-electron chi connectivity index (χ4n) is 4.78. The minimum absolute atomic E-state index is 0.00529. The number of anilines is 1. The molecule has 2 unspecified atom stereocenters. The van der Waals surface area contributed by atoms with Gasteiger partial charge in [-0.15, -0.1) is 0 Å². The minimum Gasteiger partial charge on any atom is -0.378 e. The van der Waals surface area contributed by atoms with Crippen LogP contribution in [0, 0.1) is 5.92 Å². The Hall–Kier alpha value is -1.92. The highest BCUT2D eigenvalue weighted by Gasteiger charge is 2.33. The molecule has 1 aromatic rings. The number of hydrogen-bond donors (Lipinski definition) is 0.